The Bertz CT molecular complexity index is 1080. The number of esters is 2. The van der Waals surface area contributed by atoms with Gasteiger partial charge in [0.05, 0.1) is 0 Å². The molecule has 114 valence electrons. The van der Waals surface area contributed by atoms with Gasteiger partial charge in [-0.25, -0.2) is 4.79 Å². The number of hydrogen-bond donors (Lipinski definition) is 0. The minimum absolute atomic E-state index is 0.269. The van der Waals surface area contributed by atoms with Crippen molar-refractivity contribution in [2.45, 2.75) is 32.1 Å². The fourth-order valence-corrected chi connectivity index (χ4v) is 4.09. The fraction of sp³-hybridized carbons (Fsp3) is 0.294. The topological polar surface area (TPSA) is 78.9 Å². The van der Waals surface area contributed by atoms with Crippen LogP contribution in [0, 0.1) is 6.92 Å². The van der Waals surface area contributed by atoms with Gasteiger partial charge in [0.2, 0.25) is 0 Å². The molecule has 4 bridgehead atoms. The highest BCUT2D eigenvalue weighted by Gasteiger charge is 2.56. The van der Waals surface area contributed by atoms with Crippen molar-refractivity contribution in [1.29, 1.82) is 0 Å². The highest BCUT2D eigenvalue weighted by atomic mass is 16.6. The third-order valence-electron chi connectivity index (χ3n) is 5.35. The summed E-state index contributed by atoms with van der Waals surface area (Å²) in [6, 6.07) is 0. The van der Waals surface area contributed by atoms with Gasteiger partial charge in [-0.1, -0.05) is 0 Å². The van der Waals surface area contributed by atoms with E-state index in [2.05, 4.69) is 0 Å². The van der Waals surface area contributed by atoms with Crippen LogP contribution in [-0.2, 0) is 23.1 Å². The lowest BCUT2D eigenvalue weighted by atomic mass is 9.81. The summed E-state index contributed by atoms with van der Waals surface area (Å²) in [6.45, 7) is 3.71. The maximum Gasteiger partial charge on any atom is 0.348 e. The Kier molecular flexibility index (Phi) is 1.60. The summed E-state index contributed by atoms with van der Waals surface area (Å²) in [6.07, 6.45) is 0.950. The van der Waals surface area contributed by atoms with Crippen LogP contribution in [0.4, 0.5) is 0 Å². The first kappa shape index (κ1) is 11.8. The monoisotopic (exact) mass is 310 g/mol. The summed E-state index contributed by atoms with van der Waals surface area (Å²) < 4.78 is 22.2. The van der Waals surface area contributed by atoms with Crippen LogP contribution in [0.3, 0.4) is 0 Å². The molecule has 1 unspecified atom stereocenters. The van der Waals surface area contributed by atoms with Crippen molar-refractivity contribution in [2.24, 2.45) is 0 Å². The minimum atomic E-state index is -0.672. The predicted molar refractivity (Wildman–Crippen MR) is 75.3 cm³/mol. The van der Waals surface area contributed by atoms with Gasteiger partial charge >= 0.3 is 11.9 Å². The van der Waals surface area contributed by atoms with Gasteiger partial charge in [0.25, 0.3) is 0 Å². The lowest BCUT2D eigenvalue weighted by molar-refractivity contribution is -0.137. The van der Waals surface area contributed by atoms with E-state index in [1.807, 2.05) is 13.8 Å². The first-order valence-electron chi connectivity index (χ1n) is 7.46. The molecule has 0 amide bonds. The molecule has 23 heavy (non-hydrogen) atoms. The molecule has 0 aromatic carbocycles. The molecule has 3 aromatic heterocycles. The summed E-state index contributed by atoms with van der Waals surface area (Å²) >= 11 is 0. The average molecular weight is 310 g/mol. The molecule has 0 aliphatic carbocycles. The van der Waals surface area contributed by atoms with Gasteiger partial charge in [-0.3, -0.25) is 4.79 Å². The second-order valence-corrected chi connectivity index (χ2v) is 6.69. The number of hydrogen-bond acceptors (Lipinski definition) is 6. The van der Waals surface area contributed by atoms with Gasteiger partial charge in [-0.05, 0) is 13.8 Å². The summed E-state index contributed by atoms with van der Waals surface area (Å²) in [4.78, 5) is 24.1. The number of furan rings is 3. The number of ether oxygens (including phenoxy) is 2. The molecule has 3 aromatic rings. The van der Waals surface area contributed by atoms with Crippen molar-refractivity contribution in [2.75, 3.05) is 0 Å². The second kappa shape index (κ2) is 3.13. The van der Waals surface area contributed by atoms with Gasteiger partial charge in [0.15, 0.2) is 22.8 Å². The van der Waals surface area contributed by atoms with Crippen molar-refractivity contribution < 1.29 is 27.9 Å². The van der Waals surface area contributed by atoms with E-state index in [9.17, 15) is 9.59 Å². The van der Waals surface area contributed by atoms with Crippen LogP contribution >= 0.6 is 0 Å². The van der Waals surface area contributed by atoms with Crippen LogP contribution in [-0.4, -0.2) is 11.9 Å². The Morgan fingerprint density at radius 1 is 1.04 bits per heavy atom. The molecule has 6 heteroatoms. The number of aryl methyl sites for hydroxylation is 1. The zero-order valence-corrected chi connectivity index (χ0v) is 12.4. The Morgan fingerprint density at radius 3 is 2.70 bits per heavy atom. The van der Waals surface area contributed by atoms with Crippen molar-refractivity contribution >= 4 is 23.1 Å². The molecule has 6 nitrogen and oxygen atoms in total. The third-order valence-corrected chi connectivity index (χ3v) is 5.35. The number of benzene rings is 1. The molecule has 3 aliphatic rings. The largest absolute Gasteiger partial charge is 0.460 e. The third kappa shape index (κ3) is 1.04. The standard InChI is InChI=1S/C17H10O6/c1-5-10-7(9-13(21-10)11(5)22-15(9)18)3-6-8-4-17(2)14(20-8)12(6)23-16(17)19/h3-4H2,1-2H3. The Morgan fingerprint density at radius 2 is 1.87 bits per heavy atom. The molecule has 6 rings (SSSR count). The number of carbonyl (C=O) groups is 2. The Hall–Kier alpha value is -2.76. The summed E-state index contributed by atoms with van der Waals surface area (Å²) in [5.41, 5.74) is 3.50. The van der Waals surface area contributed by atoms with E-state index >= 15 is 0 Å². The van der Waals surface area contributed by atoms with Crippen molar-refractivity contribution in [3.8, 4) is 11.5 Å². The van der Waals surface area contributed by atoms with Crippen molar-refractivity contribution in [3.63, 3.8) is 0 Å². The van der Waals surface area contributed by atoms with Crippen molar-refractivity contribution in [1.82, 2.24) is 0 Å². The normalized spacial score (nSPS) is 23.4. The molecule has 0 radical (unpaired) electrons. The van der Waals surface area contributed by atoms with Gasteiger partial charge in [0, 0.05) is 29.5 Å². The van der Waals surface area contributed by atoms with Gasteiger partial charge in [-0.15, -0.1) is 0 Å². The van der Waals surface area contributed by atoms with Gasteiger partial charge in [-0.2, -0.15) is 0 Å². The summed E-state index contributed by atoms with van der Waals surface area (Å²) in [5.74, 6) is 1.79. The lowest BCUT2D eigenvalue weighted by Crippen LogP contribution is -2.29. The Labute approximate surface area is 129 Å². The Balaban J connectivity index is 1.54. The quantitative estimate of drug-likeness (QED) is 0.677. The molecular weight excluding hydrogens is 300 g/mol. The highest BCUT2D eigenvalue weighted by molar-refractivity contribution is 6.11. The zero-order valence-electron chi connectivity index (χ0n) is 12.4. The van der Waals surface area contributed by atoms with Crippen LogP contribution in [0.15, 0.2) is 8.83 Å². The molecule has 6 heterocycles. The van der Waals surface area contributed by atoms with E-state index in [1.165, 1.54) is 0 Å². The lowest BCUT2D eigenvalue weighted by Gasteiger charge is -2.11. The SMILES string of the molecule is Cc1c2c3oc1c(Cc1c4oc5c1OC(=O)C5(C)C4)c3C(=O)O2. The smallest absolute Gasteiger partial charge is 0.348 e. The summed E-state index contributed by atoms with van der Waals surface area (Å²) in [5, 5.41) is 0. The number of fused-ring (bicyclic) bond motifs is 2. The molecule has 3 aliphatic heterocycles. The van der Waals surface area contributed by atoms with Crippen LogP contribution in [0.2, 0.25) is 0 Å². The van der Waals surface area contributed by atoms with Crippen LogP contribution < -0.4 is 9.47 Å². The van der Waals surface area contributed by atoms with Crippen LogP contribution in [0.5, 0.6) is 11.5 Å². The average Bonchev–Trinajstić information content (AvgIpc) is 3.25. The van der Waals surface area contributed by atoms with Gasteiger partial charge in [0.1, 0.15) is 22.3 Å². The fourth-order valence-electron chi connectivity index (χ4n) is 4.09. The van der Waals surface area contributed by atoms with E-state index in [0.29, 0.717) is 46.8 Å². The maximum absolute atomic E-state index is 12.1. The first-order chi connectivity index (χ1) is 11.0. The molecule has 0 spiro atoms. The first-order valence-corrected chi connectivity index (χ1v) is 7.46. The molecule has 0 saturated carbocycles. The minimum Gasteiger partial charge on any atom is -0.460 e. The van der Waals surface area contributed by atoms with Crippen LogP contribution in [0.25, 0.3) is 11.2 Å². The van der Waals surface area contributed by atoms with Gasteiger partial charge < -0.3 is 18.3 Å². The molecular formula is C17H10O6. The van der Waals surface area contributed by atoms with E-state index in [4.69, 9.17) is 18.3 Å². The number of rotatable bonds is 2. The zero-order chi connectivity index (χ0) is 15.7. The maximum atomic E-state index is 12.1. The predicted octanol–water partition coefficient (Wildman–Crippen LogP) is 2.63. The van der Waals surface area contributed by atoms with Crippen molar-refractivity contribution in [3.05, 3.63) is 33.8 Å². The molecule has 0 N–H and O–H groups in total. The molecule has 0 fully saturated rings. The highest BCUT2D eigenvalue weighted by Crippen LogP contribution is 2.55. The van der Waals surface area contributed by atoms with Crippen LogP contribution in [0.1, 0.15) is 45.5 Å². The summed E-state index contributed by atoms with van der Waals surface area (Å²) in [7, 11) is 0. The van der Waals surface area contributed by atoms with E-state index in [-0.39, 0.29) is 11.9 Å². The molecule has 0 saturated heterocycles. The molecule has 1 atom stereocenters. The van der Waals surface area contributed by atoms with E-state index < -0.39 is 5.41 Å². The van der Waals surface area contributed by atoms with E-state index in [0.717, 1.165) is 22.5 Å². The van der Waals surface area contributed by atoms with E-state index in [1.54, 1.807) is 0 Å². The number of carbonyl (C=O) groups excluding carboxylic acids is 2. The second-order valence-electron chi connectivity index (χ2n) is 6.69.